The molecule has 0 bridgehead atoms. The van der Waals surface area contributed by atoms with Crippen LogP contribution in [0.4, 0.5) is 11.4 Å². The second-order valence-corrected chi connectivity index (χ2v) is 5.63. The Labute approximate surface area is 147 Å². The van der Waals surface area contributed by atoms with E-state index in [4.69, 9.17) is 20.3 Å². The Morgan fingerprint density at radius 1 is 1.04 bits per heavy atom. The summed E-state index contributed by atoms with van der Waals surface area (Å²) < 4.78 is 10.4. The lowest BCUT2D eigenvalue weighted by Gasteiger charge is -2.25. The van der Waals surface area contributed by atoms with Gasteiger partial charge in [-0.05, 0) is 35.9 Å². The van der Waals surface area contributed by atoms with Gasteiger partial charge in [0.15, 0.2) is 0 Å². The molecule has 0 atom stereocenters. The third kappa shape index (κ3) is 4.95. The van der Waals surface area contributed by atoms with Crippen LogP contribution in [0.25, 0.3) is 11.1 Å². The van der Waals surface area contributed by atoms with Crippen LogP contribution >= 0.6 is 0 Å². The number of anilines is 2. The highest BCUT2D eigenvalue weighted by atomic mass is 16.5. The predicted octanol–water partition coefficient (Wildman–Crippen LogP) is 2.73. The van der Waals surface area contributed by atoms with Crippen molar-refractivity contribution >= 4 is 17.3 Å². The molecule has 0 radical (unpaired) electrons. The Morgan fingerprint density at radius 2 is 1.64 bits per heavy atom. The fraction of sp³-hybridized carbons (Fsp3) is 0.316. The molecule has 0 saturated carbocycles. The van der Waals surface area contributed by atoms with E-state index < -0.39 is 5.97 Å². The second kappa shape index (κ2) is 9.05. The van der Waals surface area contributed by atoms with Crippen molar-refractivity contribution < 1.29 is 19.4 Å². The predicted molar refractivity (Wildman–Crippen MR) is 99.2 cm³/mol. The summed E-state index contributed by atoms with van der Waals surface area (Å²) >= 11 is 0. The average molecular weight is 344 g/mol. The van der Waals surface area contributed by atoms with Crippen LogP contribution < -0.4 is 10.6 Å². The molecular formula is C19H24N2O4. The minimum Gasteiger partial charge on any atom is -0.478 e. The highest BCUT2D eigenvalue weighted by Crippen LogP contribution is 2.30. The van der Waals surface area contributed by atoms with E-state index in [1.807, 2.05) is 18.2 Å². The Kier molecular flexibility index (Phi) is 6.80. The fourth-order valence-corrected chi connectivity index (χ4v) is 2.56. The molecule has 2 aromatic rings. The van der Waals surface area contributed by atoms with Crippen LogP contribution in [0.3, 0.4) is 0 Å². The summed E-state index contributed by atoms with van der Waals surface area (Å²) in [5.74, 6) is -0.946. The van der Waals surface area contributed by atoms with Gasteiger partial charge in [0.2, 0.25) is 0 Å². The van der Waals surface area contributed by atoms with Gasteiger partial charge in [0.1, 0.15) is 0 Å². The van der Waals surface area contributed by atoms with Crippen LogP contribution in [0.5, 0.6) is 0 Å². The summed E-state index contributed by atoms with van der Waals surface area (Å²) in [6, 6.07) is 12.5. The molecule has 0 aliphatic carbocycles. The number of nitrogens with two attached hydrogens (primary N) is 1. The zero-order valence-corrected chi connectivity index (χ0v) is 14.6. The molecular weight excluding hydrogens is 320 g/mol. The maximum atomic E-state index is 11.0. The van der Waals surface area contributed by atoms with Gasteiger partial charge in [-0.15, -0.1) is 0 Å². The molecule has 0 unspecified atom stereocenters. The standard InChI is InChI=1S/C19H24N2O4/c1-24-11-9-21(10-12-25-2)16-7-8-18(20)17(13-16)14-3-5-15(6-4-14)19(22)23/h3-8,13H,9-12,20H2,1-2H3,(H,22,23). The second-order valence-electron chi connectivity index (χ2n) is 5.63. The number of rotatable bonds is 9. The van der Waals surface area contributed by atoms with Crippen molar-refractivity contribution in [3.05, 3.63) is 48.0 Å². The first kappa shape index (κ1) is 18.8. The van der Waals surface area contributed by atoms with Gasteiger partial charge in [-0.1, -0.05) is 12.1 Å². The van der Waals surface area contributed by atoms with Gasteiger partial charge in [-0.25, -0.2) is 4.79 Å². The Bertz CT molecular complexity index is 693. The molecule has 0 aliphatic rings. The van der Waals surface area contributed by atoms with E-state index in [0.717, 1.165) is 29.9 Å². The topological polar surface area (TPSA) is 85.0 Å². The molecule has 3 N–H and O–H groups in total. The quantitative estimate of drug-likeness (QED) is 0.681. The highest BCUT2D eigenvalue weighted by molar-refractivity contribution is 5.89. The number of carboxylic acid groups (broad SMARTS) is 1. The number of hydrogen-bond donors (Lipinski definition) is 2. The molecule has 0 saturated heterocycles. The van der Waals surface area contributed by atoms with E-state index >= 15 is 0 Å². The number of methoxy groups -OCH3 is 2. The van der Waals surface area contributed by atoms with E-state index in [1.54, 1.807) is 38.5 Å². The normalized spacial score (nSPS) is 10.6. The summed E-state index contributed by atoms with van der Waals surface area (Å²) in [5, 5.41) is 9.03. The average Bonchev–Trinajstić information content (AvgIpc) is 2.62. The molecule has 0 amide bonds. The molecule has 2 rings (SSSR count). The van der Waals surface area contributed by atoms with Gasteiger partial charge >= 0.3 is 5.97 Å². The van der Waals surface area contributed by atoms with E-state index in [1.165, 1.54) is 0 Å². The van der Waals surface area contributed by atoms with Crippen molar-refractivity contribution in [2.75, 3.05) is 51.2 Å². The molecule has 0 heterocycles. The largest absolute Gasteiger partial charge is 0.478 e. The summed E-state index contributed by atoms with van der Waals surface area (Å²) in [4.78, 5) is 13.2. The maximum Gasteiger partial charge on any atom is 0.335 e. The molecule has 0 spiro atoms. The van der Waals surface area contributed by atoms with Gasteiger partial charge in [-0.3, -0.25) is 0 Å². The van der Waals surface area contributed by atoms with Crippen molar-refractivity contribution in [2.45, 2.75) is 0 Å². The number of nitrogen functional groups attached to an aromatic ring is 1. The smallest absolute Gasteiger partial charge is 0.335 e. The van der Waals surface area contributed by atoms with Crippen LogP contribution in [0, 0.1) is 0 Å². The first-order chi connectivity index (χ1) is 12.1. The summed E-state index contributed by atoms with van der Waals surface area (Å²) in [6.07, 6.45) is 0. The number of aromatic carboxylic acids is 1. The summed E-state index contributed by atoms with van der Waals surface area (Å²) in [6.45, 7) is 2.69. The Hall–Kier alpha value is -2.57. The van der Waals surface area contributed by atoms with E-state index in [0.29, 0.717) is 18.9 Å². The zero-order chi connectivity index (χ0) is 18.2. The number of hydrogen-bond acceptors (Lipinski definition) is 5. The monoisotopic (exact) mass is 344 g/mol. The van der Waals surface area contributed by atoms with Crippen molar-refractivity contribution in [1.29, 1.82) is 0 Å². The van der Waals surface area contributed by atoms with Crippen molar-refractivity contribution in [3.63, 3.8) is 0 Å². The number of carboxylic acids is 1. The van der Waals surface area contributed by atoms with Crippen LogP contribution in [-0.4, -0.2) is 51.6 Å². The third-order valence-corrected chi connectivity index (χ3v) is 3.98. The summed E-state index contributed by atoms with van der Waals surface area (Å²) in [7, 11) is 3.35. The lowest BCUT2D eigenvalue weighted by atomic mass is 10.0. The van der Waals surface area contributed by atoms with Crippen molar-refractivity contribution in [1.82, 2.24) is 0 Å². The van der Waals surface area contributed by atoms with E-state index in [2.05, 4.69) is 4.90 Å². The molecule has 0 fully saturated rings. The van der Waals surface area contributed by atoms with Crippen LogP contribution in [-0.2, 0) is 9.47 Å². The van der Waals surface area contributed by atoms with Gasteiger partial charge in [0, 0.05) is 44.2 Å². The van der Waals surface area contributed by atoms with E-state index in [-0.39, 0.29) is 5.56 Å². The maximum absolute atomic E-state index is 11.0. The Balaban J connectivity index is 2.32. The minimum absolute atomic E-state index is 0.250. The highest BCUT2D eigenvalue weighted by Gasteiger charge is 2.11. The number of nitrogens with zero attached hydrogens (tertiary/aromatic N) is 1. The molecule has 2 aromatic carbocycles. The van der Waals surface area contributed by atoms with Crippen LogP contribution in [0.2, 0.25) is 0 Å². The molecule has 6 heteroatoms. The SMILES string of the molecule is COCCN(CCOC)c1ccc(N)c(-c2ccc(C(=O)O)cc2)c1. The van der Waals surface area contributed by atoms with Gasteiger partial charge in [0.05, 0.1) is 18.8 Å². The number of ether oxygens (including phenoxy) is 2. The zero-order valence-electron chi connectivity index (χ0n) is 14.6. The third-order valence-electron chi connectivity index (χ3n) is 3.98. The lowest BCUT2D eigenvalue weighted by molar-refractivity contribution is 0.0697. The van der Waals surface area contributed by atoms with Gasteiger partial charge in [-0.2, -0.15) is 0 Å². The number of carbonyl (C=O) groups is 1. The lowest BCUT2D eigenvalue weighted by Crippen LogP contribution is -2.30. The first-order valence-corrected chi connectivity index (χ1v) is 8.03. The molecule has 25 heavy (non-hydrogen) atoms. The fourth-order valence-electron chi connectivity index (χ4n) is 2.56. The summed E-state index contributed by atoms with van der Waals surface area (Å²) in [5.41, 5.74) is 9.79. The molecule has 0 aromatic heterocycles. The Morgan fingerprint density at radius 3 is 2.16 bits per heavy atom. The van der Waals surface area contributed by atoms with Crippen molar-refractivity contribution in [3.8, 4) is 11.1 Å². The van der Waals surface area contributed by atoms with Gasteiger partial charge in [0.25, 0.3) is 0 Å². The number of benzene rings is 2. The minimum atomic E-state index is -0.946. The first-order valence-electron chi connectivity index (χ1n) is 8.03. The van der Waals surface area contributed by atoms with Crippen LogP contribution in [0.15, 0.2) is 42.5 Å². The molecule has 0 aliphatic heterocycles. The molecule has 6 nitrogen and oxygen atoms in total. The molecule has 134 valence electrons. The van der Waals surface area contributed by atoms with Crippen LogP contribution in [0.1, 0.15) is 10.4 Å². The van der Waals surface area contributed by atoms with E-state index in [9.17, 15) is 4.79 Å². The van der Waals surface area contributed by atoms with Crippen molar-refractivity contribution in [2.24, 2.45) is 0 Å². The van der Waals surface area contributed by atoms with Gasteiger partial charge < -0.3 is 25.2 Å².